The molecule has 0 aliphatic heterocycles. The smallest absolute Gasteiger partial charge is 0.275 e. The van der Waals surface area contributed by atoms with Gasteiger partial charge in [0.1, 0.15) is 5.75 Å². The van der Waals surface area contributed by atoms with Gasteiger partial charge in [-0.3, -0.25) is 4.79 Å². The van der Waals surface area contributed by atoms with E-state index in [-0.39, 0.29) is 17.1 Å². The summed E-state index contributed by atoms with van der Waals surface area (Å²) in [5.74, 6) is -0.428. The van der Waals surface area contributed by atoms with Gasteiger partial charge in [0.25, 0.3) is 5.91 Å². The van der Waals surface area contributed by atoms with Gasteiger partial charge in [0.2, 0.25) is 0 Å². The lowest BCUT2D eigenvalue weighted by atomic mass is 10.2. The molecule has 1 amide bonds. The zero-order chi connectivity index (χ0) is 16.8. The summed E-state index contributed by atoms with van der Waals surface area (Å²) in [7, 11) is 0. The summed E-state index contributed by atoms with van der Waals surface area (Å²) < 4.78 is 5.26. The molecule has 0 aliphatic carbocycles. The van der Waals surface area contributed by atoms with E-state index < -0.39 is 5.91 Å². The molecule has 0 bridgehead atoms. The van der Waals surface area contributed by atoms with Crippen LogP contribution < -0.4 is 10.2 Å². The van der Waals surface area contributed by atoms with Gasteiger partial charge in [-0.15, -0.1) is 0 Å². The van der Waals surface area contributed by atoms with E-state index in [4.69, 9.17) is 16.3 Å². The normalized spacial score (nSPS) is 10.7. The number of hydrogen-bond acceptors (Lipinski definition) is 5. The second-order valence-corrected chi connectivity index (χ2v) is 4.96. The highest BCUT2D eigenvalue weighted by molar-refractivity contribution is 6.31. The van der Waals surface area contributed by atoms with Crippen molar-refractivity contribution in [2.45, 2.75) is 6.92 Å². The average Bonchev–Trinajstić information content (AvgIpc) is 2.53. The standard InChI is InChI=1S/C16H15ClN2O4/c1-2-23-15-7-10(3-5-14(15)21)9-18-19-16(22)12-8-11(17)4-6-13(12)20/h3-9,20-21H,2H2,1H3,(H,19,22)/b18-9+. The van der Waals surface area contributed by atoms with Crippen molar-refractivity contribution in [2.75, 3.05) is 6.61 Å². The van der Waals surface area contributed by atoms with Crippen LogP contribution in [0.5, 0.6) is 17.2 Å². The number of hydrazone groups is 1. The van der Waals surface area contributed by atoms with Crippen molar-refractivity contribution in [1.29, 1.82) is 0 Å². The van der Waals surface area contributed by atoms with Crippen LogP contribution in [0.3, 0.4) is 0 Å². The Kier molecular flexibility index (Phi) is 5.43. The van der Waals surface area contributed by atoms with Gasteiger partial charge < -0.3 is 14.9 Å². The number of amides is 1. The molecule has 0 radical (unpaired) electrons. The summed E-state index contributed by atoms with van der Waals surface area (Å²) >= 11 is 5.79. The first kappa shape index (κ1) is 16.6. The number of nitrogens with one attached hydrogen (secondary N) is 1. The molecule has 3 N–H and O–H groups in total. The average molecular weight is 335 g/mol. The number of benzene rings is 2. The number of phenols is 2. The van der Waals surface area contributed by atoms with Gasteiger partial charge >= 0.3 is 0 Å². The molecule has 0 unspecified atom stereocenters. The molecule has 0 aliphatic rings. The van der Waals surface area contributed by atoms with E-state index in [9.17, 15) is 15.0 Å². The van der Waals surface area contributed by atoms with Crippen LogP contribution in [0, 0.1) is 0 Å². The third-order valence-electron chi connectivity index (χ3n) is 2.87. The Hall–Kier alpha value is -2.73. The Morgan fingerprint density at radius 2 is 2.00 bits per heavy atom. The molecule has 0 saturated heterocycles. The van der Waals surface area contributed by atoms with E-state index in [1.165, 1.54) is 30.5 Å². The number of rotatable bonds is 5. The number of ether oxygens (including phenoxy) is 1. The lowest BCUT2D eigenvalue weighted by Crippen LogP contribution is -2.17. The topological polar surface area (TPSA) is 91.2 Å². The zero-order valence-electron chi connectivity index (χ0n) is 12.3. The third kappa shape index (κ3) is 4.37. The lowest BCUT2D eigenvalue weighted by molar-refractivity contribution is 0.0952. The minimum absolute atomic E-state index is 0.0235. The Labute approximate surface area is 138 Å². The molecule has 6 nitrogen and oxygen atoms in total. The predicted molar refractivity (Wildman–Crippen MR) is 87.5 cm³/mol. The molecule has 0 fully saturated rings. The Balaban J connectivity index is 2.08. The maximum absolute atomic E-state index is 11.9. The Morgan fingerprint density at radius 1 is 1.26 bits per heavy atom. The van der Waals surface area contributed by atoms with Gasteiger partial charge in [0.05, 0.1) is 18.4 Å². The first-order chi connectivity index (χ1) is 11.0. The van der Waals surface area contributed by atoms with E-state index in [0.717, 1.165) is 0 Å². The summed E-state index contributed by atoms with van der Waals surface area (Å²) in [4.78, 5) is 11.9. The number of hydrogen-bond donors (Lipinski definition) is 3. The summed E-state index contributed by atoms with van der Waals surface area (Å²) in [6.07, 6.45) is 1.39. The third-order valence-corrected chi connectivity index (χ3v) is 3.10. The minimum atomic E-state index is -0.593. The van der Waals surface area contributed by atoms with Gasteiger partial charge in [-0.1, -0.05) is 11.6 Å². The van der Waals surface area contributed by atoms with E-state index in [1.54, 1.807) is 19.1 Å². The SMILES string of the molecule is CCOc1cc(/C=N/NC(=O)c2cc(Cl)ccc2O)ccc1O. The first-order valence-electron chi connectivity index (χ1n) is 6.79. The van der Waals surface area contributed by atoms with Crippen LogP contribution >= 0.6 is 11.6 Å². The lowest BCUT2D eigenvalue weighted by Gasteiger charge is -2.06. The second kappa shape index (κ2) is 7.51. The second-order valence-electron chi connectivity index (χ2n) is 4.52. The summed E-state index contributed by atoms with van der Waals surface area (Å²) in [6.45, 7) is 2.22. The first-order valence-corrected chi connectivity index (χ1v) is 7.16. The number of halogens is 1. The van der Waals surface area contributed by atoms with E-state index in [2.05, 4.69) is 10.5 Å². The number of carbonyl (C=O) groups is 1. The quantitative estimate of drug-likeness (QED) is 0.579. The monoisotopic (exact) mass is 334 g/mol. The highest BCUT2D eigenvalue weighted by Crippen LogP contribution is 2.26. The van der Waals surface area contributed by atoms with Gasteiger partial charge in [-0.2, -0.15) is 5.10 Å². The molecule has 0 atom stereocenters. The van der Waals surface area contributed by atoms with Gasteiger partial charge in [0, 0.05) is 5.02 Å². The van der Waals surface area contributed by atoms with Crippen molar-refractivity contribution in [3.63, 3.8) is 0 Å². The van der Waals surface area contributed by atoms with Crippen LogP contribution in [-0.2, 0) is 0 Å². The highest BCUT2D eigenvalue weighted by Gasteiger charge is 2.10. The fraction of sp³-hybridized carbons (Fsp3) is 0.125. The van der Waals surface area contributed by atoms with Crippen molar-refractivity contribution in [2.24, 2.45) is 5.10 Å². The van der Waals surface area contributed by atoms with E-state index >= 15 is 0 Å². The summed E-state index contributed by atoms with van der Waals surface area (Å²) in [5.41, 5.74) is 2.94. The maximum Gasteiger partial charge on any atom is 0.275 e. The molecule has 0 heterocycles. The molecule has 120 valence electrons. The van der Waals surface area contributed by atoms with Crippen molar-refractivity contribution in [3.05, 3.63) is 52.5 Å². The molecule has 23 heavy (non-hydrogen) atoms. The van der Waals surface area contributed by atoms with Crippen LogP contribution in [0.15, 0.2) is 41.5 Å². The molecular weight excluding hydrogens is 320 g/mol. The largest absolute Gasteiger partial charge is 0.507 e. The molecule has 0 saturated carbocycles. The van der Waals surface area contributed by atoms with Crippen molar-refractivity contribution in [3.8, 4) is 17.2 Å². The zero-order valence-corrected chi connectivity index (χ0v) is 13.0. The number of phenolic OH excluding ortho intramolecular Hbond substituents is 2. The number of nitrogens with zero attached hydrogens (tertiary/aromatic N) is 1. The van der Waals surface area contributed by atoms with Crippen LogP contribution in [0.2, 0.25) is 5.02 Å². The fourth-order valence-electron chi connectivity index (χ4n) is 1.80. The molecular formula is C16H15ClN2O4. The minimum Gasteiger partial charge on any atom is -0.507 e. The van der Waals surface area contributed by atoms with Crippen LogP contribution in [0.1, 0.15) is 22.8 Å². The van der Waals surface area contributed by atoms with Gasteiger partial charge in [-0.05, 0) is 48.9 Å². The molecule has 0 spiro atoms. The van der Waals surface area contributed by atoms with Crippen molar-refractivity contribution >= 4 is 23.7 Å². The molecule has 2 rings (SSSR count). The molecule has 2 aromatic rings. The number of carbonyl (C=O) groups excluding carboxylic acids is 1. The maximum atomic E-state index is 11.9. The van der Waals surface area contributed by atoms with Gasteiger partial charge in [-0.25, -0.2) is 5.43 Å². The number of aromatic hydroxyl groups is 2. The summed E-state index contributed by atoms with van der Waals surface area (Å²) in [6, 6.07) is 8.82. The van der Waals surface area contributed by atoms with Crippen LogP contribution in [0.4, 0.5) is 0 Å². The Bertz CT molecular complexity index is 747. The Morgan fingerprint density at radius 3 is 2.74 bits per heavy atom. The molecule has 7 heteroatoms. The van der Waals surface area contributed by atoms with Gasteiger partial charge in [0.15, 0.2) is 11.5 Å². The molecule has 0 aromatic heterocycles. The van der Waals surface area contributed by atoms with E-state index in [1.807, 2.05) is 0 Å². The van der Waals surface area contributed by atoms with Crippen molar-refractivity contribution < 1.29 is 19.7 Å². The van der Waals surface area contributed by atoms with Crippen LogP contribution in [0.25, 0.3) is 0 Å². The van der Waals surface area contributed by atoms with Crippen molar-refractivity contribution in [1.82, 2.24) is 5.43 Å². The fourth-order valence-corrected chi connectivity index (χ4v) is 1.97. The predicted octanol–water partition coefficient (Wildman–Crippen LogP) is 2.91. The molecule has 2 aromatic carbocycles. The van der Waals surface area contributed by atoms with E-state index in [0.29, 0.717) is 22.9 Å². The summed E-state index contributed by atoms with van der Waals surface area (Å²) in [5, 5.41) is 23.4. The van der Waals surface area contributed by atoms with Crippen LogP contribution in [-0.4, -0.2) is 28.9 Å². The highest BCUT2D eigenvalue weighted by atomic mass is 35.5.